The van der Waals surface area contributed by atoms with Gasteiger partial charge in [-0.2, -0.15) is 0 Å². The molecule has 1 amide bonds. The first kappa shape index (κ1) is 24.7. The highest BCUT2D eigenvalue weighted by molar-refractivity contribution is 5.98. The van der Waals surface area contributed by atoms with Crippen molar-refractivity contribution in [1.82, 2.24) is 19.4 Å². The molecular weight excluding hydrogens is 448 g/mol. The zero-order valence-corrected chi connectivity index (χ0v) is 21.5. The molecular formula is C30H38N4O2. The van der Waals surface area contributed by atoms with Crippen LogP contribution in [0.4, 0.5) is 0 Å². The Labute approximate surface area is 214 Å². The Kier molecular flexibility index (Phi) is 7.54. The van der Waals surface area contributed by atoms with Gasteiger partial charge in [-0.1, -0.05) is 74.5 Å². The Morgan fingerprint density at radius 1 is 1.03 bits per heavy atom. The van der Waals surface area contributed by atoms with Gasteiger partial charge in [0.05, 0.1) is 24.2 Å². The van der Waals surface area contributed by atoms with Gasteiger partial charge >= 0.3 is 0 Å². The third kappa shape index (κ3) is 5.25. The molecule has 3 atom stereocenters. The predicted octanol–water partition coefficient (Wildman–Crippen LogP) is 5.01. The Morgan fingerprint density at radius 3 is 2.42 bits per heavy atom. The van der Waals surface area contributed by atoms with Crippen molar-refractivity contribution in [1.29, 1.82) is 0 Å². The number of hydrogen-bond acceptors (Lipinski definition) is 4. The lowest BCUT2D eigenvalue weighted by Gasteiger charge is -2.42. The van der Waals surface area contributed by atoms with E-state index in [0.717, 1.165) is 56.6 Å². The summed E-state index contributed by atoms with van der Waals surface area (Å²) < 4.78 is 2.06. The third-order valence-electron chi connectivity index (χ3n) is 7.66. The van der Waals surface area contributed by atoms with Crippen LogP contribution in [-0.4, -0.2) is 62.1 Å². The third-order valence-corrected chi connectivity index (χ3v) is 7.66. The monoisotopic (exact) mass is 486 g/mol. The molecule has 6 heteroatoms. The van der Waals surface area contributed by atoms with Crippen molar-refractivity contribution in [3.63, 3.8) is 0 Å². The number of benzene rings is 2. The van der Waals surface area contributed by atoms with Crippen LogP contribution in [0.5, 0.6) is 0 Å². The van der Waals surface area contributed by atoms with E-state index in [1.807, 2.05) is 30.3 Å². The molecule has 2 heterocycles. The molecule has 1 saturated carbocycles. The van der Waals surface area contributed by atoms with Crippen molar-refractivity contribution in [3.05, 3.63) is 78.2 Å². The van der Waals surface area contributed by atoms with Crippen molar-refractivity contribution < 1.29 is 9.90 Å². The van der Waals surface area contributed by atoms with E-state index in [-0.39, 0.29) is 18.0 Å². The number of carbonyl (C=O) groups excluding carboxylic acids is 1. The minimum absolute atomic E-state index is 0.00472. The summed E-state index contributed by atoms with van der Waals surface area (Å²) in [5, 5.41) is 10.7. The van der Waals surface area contributed by atoms with Crippen LogP contribution in [0, 0.1) is 5.92 Å². The average Bonchev–Trinajstić information content (AvgIpc) is 3.50. The first-order chi connectivity index (χ1) is 17.5. The quantitative estimate of drug-likeness (QED) is 0.510. The molecule has 3 aromatic rings. The smallest absolute Gasteiger partial charge is 0.275 e. The van der Waals surface area contributed by atoms with Crippen molar-refractivity contribution >= 4 is 5.91 Å². The highest BCUT2D eigenvalue weighted by Crippen LogP contribution is 2.36. The molecule has 36 heavy (non-hydrogen) atoms. The van der Waals surface area contributed by atoms with Crippen LogP contribution in [0.3, 0.4) is 0 Å². The highest BCUT2D eigenvalue weighted by Gasteiger charge is 2.36. The molecule has 0 spiro atoms. The summed E-state index contributed by atoms with van der Waals surface area (Å²) in [6, 6.07) is 20.7. The summed E-state index contributed by atoms with van der Waals surface area (Å²) in [5.41, 5.74) is 3.62. The molecule has 0 bridgehead atoms. The van der Waals surface area contributed by atoms with Crippen LogP contribution in [-0.2, 0) is 6.54 Å². The standard InChI is InChI=1S/C30H38N4O2/c1-22(2)18-25-20-32(19-23-10-5-3-6-11-23)16-17-33(25)30(36)28-29(24-12-7-4-8-13-24)34(21-31-28)26-14-9-15-27(26)35/h3-8,10-13,21-22,25-27,35H,9,14-20H2,1-2H3/t25-,26?,27?/m1/s1. The van der Waals surface area contributed by atoms with Gasteiger partial charge < -0.3 is 14.6 Å². The fourth-order valence-electron chi connectivity index (χ4n) is 5.95. The molecule has 1 saturated heterocycles. The van der Waals surface area contributed by atoms with Gasteiger partial charge in [-0.15, -0.1) is 0 Å². The van der Waals surface area contributed by atoms with Crippen LogP contribution >= 0.6 is 0 Å². The van der Waals surface area contributed by atoms with Gasteiger partial charge in [-0.25, -0.2) is 4.98 Å². The molecule has 1 aliphatic carbocycles. The molecule has 1 N–H and O–H groups in total. The molecule has 2 unspecified atom stereocenters. The first-order valence-electron chi connectivity index (χ1n) is 13.4. The number of carbonyl (C=O) groups is 1. The maximum Gasteiger partial charge on any atom is 0.275 e. The zero-order valence-electron chi connectivity index (χ0n) is 21.5. The van der Waals surface area contributed by atoms with Crippen LogP contribution in [0.2, 0.25) is 0 Å². The second-order valence-corrected chi connectivity index (χ2v) is 10.8. The topological polar surface area (TPSA) is 61.6 Å². The molecule has 1 aliphatic heterocycles. The van der Waals surface area contributed by atoms with Gasteiger partial charge in [0.15, 0.2) is 5.69 Å². The number of amides is 1. The Hall–Kier alpha value is -2.96. The fraction of sp³-hybridized carbons (Fsp3) is 0.467. The lowest BCUT2D eigenvalue weighted by molar-refractivity contribution is 0.0388. The summed E-state index contributed by atoms with van der Waals surface area (Å²) in [6.07, 6.45) is 5.01. The van der Waals surface area contributed by atoms with E-state index in [2.05, 4.69) is 58.5 Å². The van der Waals surface area contributed by atoms with Gasteiger partial charge in [-0.05, 0) is 37.2 Å². The maximum absolute atomic E-state index is 14.1. The fourth-order valence-corrected chi connectivity index (χ4v) is 5.95. The molecule has 2 fully saturated rings. The van der Waals surface area contributed by atoms with Crippen LogP contribution in [0.15, 0.2) is 67.0 Å². The maximum atomic E-state index is 14.1. The zero-order chi connectivity index (χ0) is 25.1. The number of imidazole rings is 1. The number of nitrogens with zero attached hydrogens (tertiary/aromatic N) is 4. The number of aliphatic hydroxyl groups excluding tert-OH is 1. The Balaban J connectivity index is 1.44. The molecule has 190 valence electrons. The lowest BCUT2D eigenvalue weighted by Crippen LogP contribution is -2.55. The molecule has 5 rings (SSSR count). The van der Waals surface area contributed by atoms with Crippen LogP contribution in [0.1, 0.15) is 61.6 Å². The average molecular weight is 487 g/mol. The van der Waals surface area contributed by atoms with Gasteiger partial charge in [-0.3, -0.25) is 9.69 Å². The van der Waals surface area contributed by atoms with Crippen molar-refractivity contribution in [2.75, 3.05) is 19.6 Å². The number of piperazine rings is 1. The minimum atomic E-state index is -0.403. The Bertz CT molecular complexity index is 1140. The summed E-state index contributed by atoms with van der Waals surface area (Å²) in [7, 11) is 0. The highest BCUT2D eigenvalue weighted by atomic mass is 16.3. The molecule has 6 nitrogen and oxygen atoms in total. The minimum Gasteiger partial charge on any atom is -0.391 e. The van der Waals surface area contributed by atoms with E-state index >= 15 is 0 Å². The van der Waals surface area contributed by atoms with Crippen molar-refractivity contribution in [3.8, 4) is 11.3 Å². The second-order valence-electron chi connectivity index (χ2n) is 10.8. The molecule has 2 aliphatic rings. The molecule has 2 aromatic carbocycles. The second kappa shape index (κ2) is 11.0. The summed E-state index contributed by atoms with van der Waals surface area (Å²) in [5.74, 6) is 0.492. The number of aromatic nitrogens is 2. The number of hydrogen-bond donors (Lipinski definition) is 1. The largest absolute Gasteiger partial charge is 0.391 e. The van der Waals surface area contributed by atoms with Gasteiger partial charge in [0, 0.05) is 37.8 Å². The lowest BCUT2D eigenvalue weighted by atomic mass is 9.98. The summed E-state index contributed by atoms with van der Waals surface area (Å²) in [4.78, 5) is 23.4. The van der Waals surface area contributed by atoms with Crippen molar-refractivity contribution in [2.45, 2.75) is 64.3 Å². The Morgan fingerprint density at radius 2 is 1.75 bits per heavy atom. The van der Waals surface area contributed by atoms with Crippen LogP contribution in [0.25, 0.3) is 11.3 Å². The predicted molar refractivity (Wildman–Crippen MR) is 143 cm³/mol. The van der Waals surface area contributed by atoms with E-state index in [0.29, 0.717) is 18.2 Å². The van der Waals surface area contributed by atoms with E-state index in [1.165, 1.54) is 5.56 Å². The van der Waals surface area contributed by atoms with Crippen LogP contribution < -0.4 is 0 Å². The van der Waals surface area contributed by atoms with E-state index in [4.69, 9.17) is 4.98 Å². The van der Waals surface area contributed by atoms with Gasteiger partial charge in [0.2, 0.25) is 0 Å². The number of aliphatic hydroxyl groups is 1. The first-order valence-corrected chi connectivity index (χ1v) is 13.4. The normalized spacial score (nSPS) is 22.9. The molecule has 1 aromatic heterocycles. The van der Waals surface area contributed by atoms with Crippen molar-refractivity contribution in [2.24, 2.45) is 5.92 Å². The number of rotatable bonds is 7. The van der Waals surface area contributed by atoms with E-state index in [9.17, 15) is 9.90 Å². The SMILES string of the molecule is CC(C)C[C@@H]1CN(Cc2ccccc2)CCN1C(=O)c1ncn(C2CCCC2O)c1-c1ccccc1. The van der Waals surface area contributed by atoms with Gasteiger partial charge in [0.1, 0.15) is 0 Å². The van der Waals surface area contributed by atoms with Gasteiger partial charge in [0.25, 0.3) is 5.91 Å². The summed E-state index contributed by atoms with van der Waals surface area (Å²) >= 11 is 0. The summed E-state index contributed by atoms with van der Waals surface area (Å²) in [6.45, 7) is 7.76. The van der Waals surface area contributed by atoms with E-state index < -0.39 is 6.10 Å². The molecule has 0 radical (unpaired) electrons. The van der Waals surface area contributed by atoms with E-state index in [1.54, 1.807) is 6.33 Å².